The average Bonchev–Trinajstić information content (AvgIpc) is 3.15. The van der Waals surface area contributed by atoms with Gasteiger partial charge in [-0.15, -0.1) is 0 Å². The predicted octanol–water partition coefficient (Wildman–Crippen LogP) is 3.93. The summed E-state index contributed by atoms with van der Waals surface area (Å²) in [5.74, 6) is 0.943. The van der Waals surface area contributed by atoms with Crippen LogP contribution in [0.2, 0.25) is 5.02 Å². The molecule has 1 N–H and O–H groups in total. The fraction of sp³-hybridized carbons (Fsp3) is 0.111. The normalized spacial score (nSPS) is 10.4. The molecule has 0 atom stereocenters. The molecule has 0 bridgehead atoms. The standard InChI is InChI=1S/C18H15ClN2O3/c1-23-16-8-13(4-7-15(16)17-10-20-11-24-17)18(22)21-9-12-2-5-14(19)6-3-12/h2-8,10-11H,9H2,1H3,(H,21,22). The van der Waals surface area contributed by atoms with Gasteiger partial charge in [-0.05, 0) is 35.9 Å². The number of ether oxygens (including phenoxy) is 1. The number of amides is 1. The number of halogens is 1. The van der Waals surface area contributed by atoms with Crippen molar-refractivity contribution in [3.05, 3.63) is 71.2 Å². The lowest BCUT2D eigenvalue weighted by molar-refractivity contribution is 0.0950. The Hall–Kier alpha value is -2.79. The number of nitrogens with one attached hydrogen (secondary N) is 1. The lowest BCUT2D eigenvalue weighted by atomic mass is 10.1. The van der Waals surface area contributed by atoms with Crippen molar-refractivity contribution in [2.45, 2.75) is 6.54 Å². The molecule has 0 aliphatic carbocycles. The van der Waals surface area contributed by atoms with Gasteiger partial charge in [-0.25, -0.2) is 4.98 Å². The van der Waals surface area contributed by atoms with E-state index in [1.807, 2.05) is 12.1 Å². The predicted molar refractivity (Wildman–Crippen MR) is 91.1 cm³/mol. The molecule has 1 aromatic heterocycles. The highest BCUT2D eigenvalue weighted by Gasteiger charge is 2.13. The summed E-state index contributed by atoms with van der Waals surface area (Å²) in [6, 6.07) is 12.5. The molecule has 2 aromatic carbocycles. The van der Waals surface area contributed by atoms with Crippen LogP contribution in [0, 0.1) is 0 Å². The molecule has 3 rings (SSSR count). The maximum absolute atomic E-state index is 12.3. The minimum atomic E-state index is -0.188. The van der Waals surface area contributed by atoms with Crippen molar-refractivity contribution in [1.29, 1.82) is 0 Å². The Kier molecular flexibility index (Phi) is 4.82. The molecule has 24 heavy (non-hydrogen) atoms. The van der Waals surface area contributed by atoms with Crippen LogP contribution in [0.1, 0.15) is 15.9 Å². The smallest absolute Gasteiger partial charge is 0.251 e. The number of carbonyl (C=O) groups excluding carboxylic acids is 1. The Balaban J connectivity index is 1.74. The minimum absolute atomic E-state index is 0.188. The van der Waals surface area contributed by atoms with E-state index in [1.165, 1.54) is 6.39 Å². The van der Waals surface area contributed by atoms with Gasteiger partial charge in [0.05, 0.1) is 18.9 Å². The highest BCUT2D eigenvalue weighted by molar-refractivity contribution is 6.30. The maximum atomic E-state index is 12.3. The van der Waals surface area contributed by atoms with Crippen LogP contribution >= 0.6 is 11.6 Å². The first-order chi connectivity index (χ1) is 11.7. The van der Waals surface area contributed by atoms with Gasteiger partial charge in [0.2, 0.25) is 0 Å². The first-order valence-corrected chi connectivity index (χ1v) is 7.64. The highest BCUT2D eigenvalue weighted by atomic mass is 35.5. The van der Waals surface area contributed by atoms with E-state index in [0.717, 1.165) is 11.1 Å². The van der Waals surface area contributed by atoms with Crippen LogP contribution < -0.4 is 10.1 Å². The van der Waals surface area contributed by atoms with Gasteiger partial charge >= 0.3 is 0 Å². The zero-order valence-corrected chi connectivity index (χ0v) is 13.7. The van der Waals surface area contributed by atoms with Gasteiger partial charge in [0.25, 0.3) is 5.91 Å². The SMILES string of the molecule is COc1cc(C(=O)NCc2ccc(Cl)cc2)ccc1-c1cnco1. The molecule has 6 heteroatoms. The Labute approximate surface area is 144 Å². The van der Waals surface area contributed by atoms with Gasteiger partial charge in [0.15, 0.2) is 12.2 Å². The molecular formula is C18H15ClN2O3. The minimum Gasteiger partial charge on any atom is -0.496 e. The van der Waals surface area contributed by atoms with Crippen molar-refractivity contribution in [1.82, 2.24) is 10.3 Å². The molecule has 1 amide bonds. The van der Waals surface area contributed by atoms with Gasteiger partial charge in [0.1, 0.15) is 5.75 Å². The molecule has 1 heterocycles. The van der Waals surface area contributed by atoms with Gasteiger partial charge in [-0.3, -0.25) is 4.79 Å². The molecule has 122 valence electrons. The summed E-state index contributed by atoms with van der Waals surface area (Å²) in [6.07, 6.45) is 2.94. The molecule has 0 fully saturated rings. The average molecular weight is 343 g/mol. The van der Waals surface area contributed by atoms with Crippen LogP contribution in [-0.4, -0.2) is 18.0 Å². The second-order valence-electron chi connectivity index (χ2n) is 5.09. The summed E-state index contributed by atoms with van der Waals surface area (Å²) in [5, 5.41) is 3.53. The monoisotopic (exact) mass is 342 g/mol. The van der Waals surface area contributed by atoms with E-state index in [4.69, 9.17) is 20.8 Å². The van der Waals surface area contributed by atoms with Crippen molar-refractivity contribution in [3.8, 4) is 17.1 Å². The van der Waals surface area contributed by atoms with Crippen LogP contribution in [-0.2, 0) is 6.54 Å². The Bertz CT molecular complexity index is 830. The number of methoxy groups -OCH3 is 1. The molecule has 5 nitrogen and oxygen atoms in total. The number of rotatable bonds is 5. The van der Waals surface area contributed by atoms with E-state index < -0.39 is 0 Å². The van der Waals surface area contributed by atoms with E-state index in [-0.39, 0.29) is 5.91 Å². The molecule has 0 spiro atoms. The molecule has 3 aromatic rings. The fourth-order valence-corrected chi connectivity index (χ4v) is 2.40. The summed E-state index contributed by atoms with van der Waals surface area (Å²) in [5.41, 5.74) is 2.21. The largest absolute Gasteiger partial charge is 0.496 e. The molecular weight excluding hydrogens is 328 g/mol. The molecule has 0 aliphatic rings. The summed E-state index contributed by atoms with van der Waals surface area (Å²) in [7, 11) is 1.55. The number of hydrogen-bond acceptors (Lipinski definition) is 4. The number of hydrogen-bond donors (Lipinski definition) is 1. The summed E-state index contributed by atoms with van der Waals surface area (Å²) in [6.45, 7) is 0.419. The van der Waals surface area contributed by atoms with Crippen LogP contribution in [0.3, 0.4) is 0 Å². The van der Waals surface area contributed by atoms with E-state index in [2.05, 4.69) is 10.3 Å². The van der Waals surface area contributed by atoms with E-state index >= 15 is 0 Å². The number of oxazole rings is 1. The Morgan fingerprint density at radius 2 is 2.04 bits per heavy atom. The highest BCUT2D eigenvalue weighted by Crippen LogP contribution is 2.30. The van der Waals surface area contributed by atoms with E-state index in [1.54, 1.807) is 43.6 Å². The van der Waals surface area contributed by atoms with E-state index in [0.29, 0.717) is 28.6 Å². The van der Waals surface area contributed by atoms with Gasteiger partial charge in [-0.1, -0.05) is 23.7 Å². The van der Waals surface area contributed by atoms with Gasteiger partial charge in [0, 0.05) is 17.1 Å². The number of carbonyl (C=O) groups is 1. The third-order valence-corrected chi connectivity index (χ3v) is 3.78. The third kappa shape index (κ3) is 3.58. The summed E-state index contributed by atoms with van der Waals surface area (Å²) < 4.78 is 10.6. The Morgan fingerprint density at radius 3 is 2.71 bits per heavy atom. The lowest BCUT2D eigenvalue weighted by Gasteiger charge is -2.10. The molecule has 0 saturated carbocycles. The Morgan fingerprint density at radius 1 is 1.25 bits per heavy atom. The first-order valence-electron chi connectivity index (χ1n) is 7.27. The zero-order valence-electron chi connectivity index (χ0n) is 13.0. The third-order valence-electron chi connectivity index (χ3n) is 3.53. The van der Waals surface area contributed by atoms with Gasteiger partial charge < -0.3 is 14.5 Å². The quantitative estimate of drug-likeness (QED) is 0.763. The second-order valence-corrected chi connectivity index (χ2v) is 5.53. The van der Waals surface area contributed by atoms with Crippen LogP contribution in [0.4, 0.5) is 0 Å². The molecule has 0 unspecified atom stereocenters. The zero-order chi connectivity index (χ0) is 16.9. The number of benzene rings is 2. The van der Waals surface area contributed by atoms with Crippen molar-refractivity contribution >= 4 is 17.5 Å². The number of nitrogens with zero attached hydrogens (tertiary/aromatic N) is 1. The second kappa shape index (κ2) is 7.19. The first kappa shape index (κ1) is 16.1. The fourth-order valence-electron chi connectivity index (χ4n) is 2.27. The summed E-state index contributed by atoms with van der Waals surface area (Å²) in [4.78, 5) is 16.2. The number of aromatic nitrogens is 1. The molecule has 0 saturated heterocycles. The maximum Gasteiger partial charge on any atom is 0.251 e. The van der Waals surface area contributed by atoms with Crippen molar-refractivity contribution < 1.29 is 13.9 Å². The topological polar surface area (TPSA) is 64.4 Å². The van der Waals surface area contributed by atoms with Crippen molar-refractivity contribution in [3.63, 3.8) is 0 Å². The summed E-state index contributed by atoms with van der Waals surface area (Å²) >= 11 is 5.85. The van der Waals surface area contributed by atoms with Crippen molar-refractivity contribution in [2.24, 2.45) is 0 Å². The van der Waals surface area contributed by atoms with Crippen LogP contribution in [0.5, 0.6) is 5.75 Å². The molecule has 0 aliphatic heterocycles. The van der Waals surface area contributed by atoms with E-state index in [9.17, 15) is 4.79 Å². The van der Waals surface area contributed by atoms with Crippen LogP contribution in [0.15, 0.2) is 59.5 Å². The van der Waals surface area contributed by atoms with Crippen molar-refractivity contribution in [2.75, 3.05) is 7.11 Å². The lowest BCUT2D eigenvalue weighted by Crippen LogP contribution is -2.22. The van der Waals surface area contributed by atoms with Crippen LogP contribution in [0.25, 0.3) is 11.3 Å². The molecule has 0 radical (unpaired) electrons. The van der Waals surface area contributed by atoms with Gasteiger partial charge in [-0.2, -0.15) is 0 Å².